The van der Waals surface area contributed by atoms with Gasteiger partial charge < -0.3 is 9.80 Å². The molecule has 2 fully saturated rings. The first-order chi connectivity index (χ1) is 16.0. The fourth-order valence-electron chi connectivity index (χ4n) is 5.23. The molecule has 5 nitrogen and oxygen atoms in total. The Kier molecular flexibility index (Phi) is 6.99. The summed E-state index contributed by atoms with van der Waals surface area (Å²) in [5.74, 6) is -3.55. The van der Waals surface area contributed by atoms with Gasteiger partial charge in [-0.05, 0) is 56.4 Å². The zero-order chi connectivity index (χ0) is 24.5. The van der Waals surface area contributed by atoms with Gasteiger partial charge in [-0.15, -0.1) is 0 Å². The Labute approximate surface area is 200 Å². The number of benzene rings is 2. The minimum absolute atomic E-state index is 0.0382. The lowest BCUT2D eigenvalue weighted by atomic mass is 9.78. The van der Waals surface area contributed by atoms with Crippen LogP contribution in [-0.4, -0.2) is 51.0 Å². The molecule has 34 heavy (non-hydrogen) atoms. The Balaban J connectivity index is 1.55. The van der Waals surface area contributed by atoms with Gasteiger partial charge in [0.1, 0.15) is 0 Å². The van der Waals surface area contributed by atoms with Gasteiger partial charge in [0.15, 0.2) is 9.84 Å². The van der Waals surface area contributed by atoms with E-state index in [9.17, 15) is 22.0 Å². The molecule has 1 aliphatic heterocycles. The number of rotatable bonds is 5. The first-order valence-corrected chi connectivity index (χ1v) is 13.7. The van der Waals surface area contributed by atoms with Crippen LogP contribution in [0.4, 0.5) is 14.5 Å². The quantitative estimate of drug-likeness (QED) is 0.596. The van der Waals surface area contributed by atoms with Crippen LogP contribution >= 0.6 is 0 Å². The second-order valence-electron chi connectivity index (χ2n) is 9.68. The van der Waals surface area contributed by atoms with Gasteiger partial charge in [-0.2, -0.15) is 0 Å². The second-order valence-corrected chi connectivity index (χ2v) is 11.7. The number of halogens is 2. The molecule has 2 aromatic rings. The van der Waals surface area contributed by atoms with Crippen molar-refractivity contribution in [2.24, 2.45) is 11.8 Å². The molecule has 0 radical (unpaired) electrons. The third-order valence-corrected chi connectivity index (χ3v) is 8.36. The number of alkyl halides is 2. The molecule has 2 aromatic carbocycles. The number of hydrogen-bond donors (Lipinski definition) is 0. The van der Waals surface area contributed by atoms with Crippen molar-refractivity contribution in [2.45, 2.75) is 49.5 Å². The van der Waals surface area contributed by atoms with Crippen molar-refractivity contribution in [1.82, 2.24) is 4.90 Å². The van der Waals surface area contributed by atoms with Crippen molar-refractivity contribution in [2.75, 3.05) is 30.8 Å². The molecular weight excluding hydrogens is 458 g/mol. The summed E-state index contributed by atoms with van der Waals surface area (Å²) in [5, 5.41) is 0. The maximum Gasteiger partial charge on any atom is 0.248 e. The third kappa shape index (κ3) is 5.43. The number of nitrogens with zero attached hydrogens (tertiary/aromatic N) is 2. The van der Waals surface area contributed by atoms with Crippen LogP contribution in [0.1, 0.15) is 44.2 Å². The van der Waals surface area contributed by atoms with Gasteiger partial charge in [0, 0.05) is 43.4 Å². The topological polar surface area (TPSA) is 57.7 Å². The minimum Gasteiger partial charge on any atom is -0.367 e. The minimum atomic E-state index is -3.33. The molecule has 1 saturated carbocycles. The normalized spacial score (nSPS) is 24.2. The van der Waals surface area contributed by atoms with E-state index in [1.165, 1.54) is 6.26 Å². The fourth-order valence-corrected chi connectivity index (χ4v) is 5.89. The Morgan fingerprint density at radius 1 is 0.971 bits per heavy atom. The zero-order valence-electron chi connectivity index (χ0n) is 19.7. The molecule has 2 aliphatic rings. The maximum absolute atomic E-state index is 13.7. The van der Waals surface area contributed by atoms with E-state index in [0.29, 0.717) is 45.3 Å². The predicted molar refractivity (Wildman–Crippen MR) is 129 cm³/mol. The molecule has 1 heterocycles. The number of amides is 1. The average Bonchev–Trinajstić information content (AvgIpc) is 2.83. The summed E-state index contributed by atoms with van der Waals surface area (Å²) in [6.45, 7) is 2.57. The van der Waals surface area contributed by atoms with E-state index in [-0.39, 0.29) is 22.8 Å². The highest BCUT2D eigenvalue weighted by molar-refractivity contribution is 7.90. The molecule has 4 rings (SSSR count). The van der Waals surface area contributed by atoms with Gasteiger partial charge in [0.25, 0.3) is 0 Å². The van der Waals surface area contributed by atoms with Crippen LogP contribution in [0.25, 0.3) is 0 Å². The summed E-state index contributed by atoms with van der Waals surface area (Å²) in [6.07, 6.45) is 2.91. The van der Waals surface area contributed by atoms with Gasteiger partial charge in [-0.1, -0.05) is 36.4 Å². The number of carbonyl (C=O) groups excluding carboxylic acids is 1. The lowest BCUT2D eigenvalue weighted by Crippen LogP contribution is -2.52. The van der Waals surface area contributed by atoms with Crippen LogP contribution in [0, 0.1) is 11.8 Å². The Morgan fingerprint density at radius 3 is 2.26 bits per heavy atom. The molecule has 1 aliphatic carbocycles. The number of anilines is 1. The highest BCUT2D eigenvalue weighted by Gasteiger charge is 2.41. The Bertz CT molecular complexity index is 1110. The lowest BCUT2D eigenvalue weighted by molar-refractivity contribution is -0.141. The van der Waals surface area contributed by atoms with Crippen LogP contribution in [0.5, 0.6) is 0 Å². The summed E-state index contributed by atoms with van der Waals surface area (Å²) in [5.41, 5.74) is 1.82. The van der Waals surface area contributed by atoms with Crippen LogP contribution in [-0.2, 0) is 14.6 Å². The van der Waals surface area contributed by atoms with Gasteiger partial charge in [-0.3, -0.25) is 4.79 Å². The smallest absolute Gasteiger partial charge is 0.248 e. The molecule has 0 spiro atoms. The van der Waals surface area contributed by atoms with Crippen LogP contribution in [0.2, 0.25) is 0 Å². The molecule has 0 N–H and O–H groups in total. The van der Waals surface area contributed by atoms with Gasteiger partial charge >= 0.3 is 0 Å². The molecule has 1 amide bonds. The van der Waals surface area contributed by atoms with Crippen molar-refractivity contribution >= 4 is 21.4 Å². The first-order valence-electron chi connectivity index (χ1n) is 11.8. The number of sulfone groups is 1. The largest absolute Gasteiger partial charge is 0.367 e. The van der Waals surface area contributed by atoms with Gasteiger partial charge in [-0.25, -0.2) is 17.2 Å². The van der Waals surface area contributed by atoms with E-state index in [2.05, 4.69) is 4.90 Å². The molecule has 1 atom stereocenters. The Morgan fingerprint density at radius 2 is 1.65 bits per heavy atom. The van der Waals surface area contributed by atoms with E-state index >= 15 is 0 Å². The average molecular weight is 491 g/mol. The number of hydrogen-bond acceptors (Lipinski definition) is 4. The van der Waals surface area contributed by atoms with Crippen molar-refractivity contribution in [3.8, 4) is 0 Å². The SMILES string of the molecule is CC(F)(F)C1CCC(C(=O)N2CCN(c3cccc(S(C)(=O)=O)c3)C[C@H]2c2ccccc2)CC1. The maximum atomic E-state index is 13.7. The van der Waals surface area contributed by atoms with E-state index in [0.717, 1.165) is 18.2 Å². The number of piperazine rings is 1. The molecular formula is C26H32F2N2O3S. The summed E-state index contributed by atoms with van der Waals surface area (Å²) in [7, 11) is -3.33. The number of carbonyl (C=O) groups is 1. The van der Waals surface area contributed by atoms with Crippen molar-refractivity contribution in [3.63, 3.8) is 0 Å². The highest BCUT2D eigenvalue weighted by Crippen LogP contribution is 2.40. The van der Waals surface area contributed by atoms with Crippen molar-refractivity contribution in [1.29, 1.82) is 0 Å². The first kappa shape index (κ1) is 24.6. The highest BCUT2D eigenvalue weighted by atomic mass is 32.2. The van der Waals surface area contributed by atoms with Crippen molar-refractivity contribution in [3.05, 3.63) is 60.2 Å². The second kappa shape index (κ2) is 9.64. The predicted octanol–water partition coefficient (Wildman–Crippen LogP) is 4.94. The molecule has 0 unspecified atom stereocenters. The van der Waals surface area contributed by atoms with Gasteiger partial charge in [0.2, 0.25) is 11.8 Å². The van der Waals surface area contributed by atoms with E-state index < -0.39 is 21.7 Å². The molecule has 1 saturated heterocycles. The summed E-state index contributed by atoms with van der Waals surface area (Å²) in [4.78, 5) is 17.9. The lowest BCUT2D eigenvalue weighted by Gasteiger charge is -2.44. The molecule has 0 bridgehead atoms. The van der Waals surface area contributed by atoms with Crippen molar-refractivity contribution < 1.29 is 22.0 Å². The van der Waals surface area contributed by atoms with Crippen LogP contribution in [0.15, 0.2) is 59.5 Å². The van der Waals surface area contributed by atoms with Crippen LogP contribution < -0.4 is 4.90 Å². The molecule has 0 aromatic heterocycles. The van der Waals surface area contributed by atoms with Gasteiger partial charge in [0.05, 0.1) is 10.9 Å². The molecule has 184 valence electrons. The van der Waals surface area contributed by atoms with E-state index in [4.69, 9.17) is 0 Å². The van der Waals surface area contributed by atoms with E-state index in [1.54, 1.807) is 18.2 Å². The fraction of sp³-hybridized carbons (Fsp3) is 0.500. The third-order valence-electron chi connectivity index (χ3n) is 7.25. The van der Waals surface area contributed by atoms with E-state index in [1.807, 2.05) is 41.3 Å². The summed E-state index contributed by atoms with van der Waals surface area (Å²) in [6, 6.07) is 16.5. The Hall–Kier alpha value is -2.48. The summed E-state index contributed by atoms with van der Waals surface area (Å²) >= 11 is 0. The molecule has 8 heteroatoms. The monoisotopic (exact) mass is 490 g/mol. The van der Waals surface area contributed by atoms with Crippen LogP contribution in [0.3, 0.4) is 0 Å². The summed E-state index contributed by atoms with van der Waals surface area (Å²) < 4.78 is 51.6. The standard InChI is InChI=1S/C26H32F2N2O3S/c1-26(27,28)21-13-11-20(12-14-21)25(31)30-16-15-29(18-24(30)19-7-4-3-5-8-19)22-9-6-10-23(17-22)34(2,32)33/h3-10,17,20-21,24H,11-16,18H2,1-2H3/t20?,21?,24-/m0/s1. The zero-order valence-corrected chi connectivity index (χ0v) is 20.5.